The number of hydrogen-bond donors (Lipinski definition) is 0. The zero-order chi connectivity index (χ0) is 14.4. The standard InChI is InChI=1S/C15H22N2O3/c1-3-6-19-13-8-12(9-16-10-13)15(18)14-11-17(4-2)5-7-20-14/h8-10,14H,3-7,11H2,1-2H3. The average molecular weight is 278 g/mol. The Bertz CT molecular complexity index is 450. The Morgan fingerprint density at radius 3 is 3.10 bits per heavy atom. The monoisotopic (exact) mass is 278 g/mol. The smallest absolute Gasteiger partial charge is 0.194 e. The third kappa shape index (κ3) is 3.77. The van der Waals surface area contributed by atoms with Crippen LogP contribution in [0.15, 0.2) is 18.5 Å². The third-order valence-corrected chi connectivity index (χ3v) is 3.36. The maximum atomic E-state index is 12.4. The summed E-state index contributed by atoms with van der Waals surface area (Å²) in [6, 6.07) is 1.75. The molecule has 0 amide bonds. The minimum absolute atomic E-state index is 0.0161. The van der Waals surface area contributed by atoms with Gasteiger partial charge in [-0.05, 0) is 19.0 Å². The maximum absolute atomic E-state index is 12.4. The zero-order valence-corrected chi connectivity index (χ0v) is 12.2. The fourth-order valence-electron chi connectivity index (χ4n) is 2.19. The van der Waals surface area contributed by atoms with Crippen LogP contribution in [-0.4, -0.2) is 54.6 Å². The second-order valence-electron chi connectivity index (χ2n) is 4.87. The third-order valence-electron chi connectivity index (χ3n) is 3.36. The lowest BCUT2D eigenvalue weighted by Gasteiger charge is -2.31. The number of carbonyl (C=O) groups is 1. The summed E-state index contributed by atoms with van der Waals surface area (Å²) < 4.78 is 11.1. The molecule has 0 saturated carbocycles. The van der Waals surface area contributed by atoms with E-state index in [1.165, 1.54) is 0 Å². The number of carbonyl (C=O) groups excluding carboxylic acids is 1. The molecule has 0 radical (unpaired) electrons. The first-order chi connectivity index (χ1) is 9.74. The largest absolute Gasteiger partial charge is 0.492 e. The van der Waals surface area contributed by atoms with E-state index in [4.69, 9.17) is 9.47 Å². The zero-order valence-electron chi connectivity index (χ0n) is 12.2. The van der Waals surface area contributed by atoms with Crippen molar-refractivity contribution in [3.8, 4) is 5.75 Å². The van der Waals surface area contributed by atoms with Gasteiger partial charge < -0.3 is 9.47 Å². The van der Waals surface area contributed by atoms with Crippen LogP contribution in [0.3, 0.4) is 0 Å². The number of Topliss-reactive ketones (excluding diaryl/α,β-unsaturated/α-hetero) is 1. The molecule has 1 saturated heterocycles. The van der Waals surface area contributed by atoms with Crippen LogP contribution in [0.4, 0.5) is 0 Å². The van der Waals surface area contributed by atoms with Gasteiger partial charge in [0.1, 0.15) is 11.9 Å². The van der Waals surface area contributed by atoms with Gasteiger partial charge in [0.15, 0.2) is 5.78 Å². The van der Waals surface area contributed by atoms with E-state index in [0.717, 1.165) is 19.5 Å². The first-order valence-electron chi connectivity index (χ1n) is 7.20. The number of ether oxygens (including phenoxy) is 2. The highest BCUT2D eigenvalue weighted by atomic mass is 16.5. The Kier molecular flexibility index (Phi) is 5.49. The van der Waals surface area contributed by atoms with Gasteiger partial charge in [-0.1, -0.05) is 13.8 Å². The Labute approximate surface area is 119 Å². The molecule has 1 aromatic rings. The molecule has 1 fully saturated rings. The summed E-state index contributed by atoms with van der Waals surface area (Å²) in [5, 5.41) is 0. The molecule has 0 N–H and O–H groups in total. The van der Waals surface area contributed by atoms with Crippen LogP contribution in [0.2, 0.25) is 0 Å². The van der Waals surface area contributed by atoms with E-state index < -0.39 is 6.10 Å². The molecule has 0 bridgehead atoms. The lowest BCUT2D eigenvalue weighted by Crippen LogP contribution is -2.45. The molecule has 2 heterocycles. The van der Waals surface area contributed by atoms with Crippen molar-refractivity contribution in [1.29, 1.82) is 0 Å². The summed E-state index contributed by atoms with van der Waals surface area (Å²) in [7, 11) is 0. The molecule has 2 rings (SSSR count). The van der Waals surface area contributed by atoms with Crippen LogP contribution in [0.5, 0.6) is 5.75 Å². The minimum atomic E-state index is -0.396. The number of rotatable bonds is 6. The molecule has 0 spiro atoms. The maximum Gasteiger partial charge on any atom is 0.194 e. The SMILES string of the molecule is CCCOc1cncc(C(=O)C2CN(CC)CCO2)c1. The first-order valence-corrected chi connectivity index (χ1v) is 7.20. The number of pyridine rings is 1. The highest BCUT2D eigenvalue weighted by Crippen LogP contribution is 2.16. The highest BCUT2D eigenvalue weighted by molar-refractivity contribution is 5.99. The Hall–Kier alpha value is -1.46. The van der Waals surface area contributed by atoms with Gasteiger partial charge in [0.05, 0.1) is 19.4 Å². The second kappa shape index (κ2) is 7.36. The number of morpholine rings is 1. The van der Waals surface area contributed by atoms with Crippen LogP contribution >= 0.6 is 0 Å². The summed E-state index contributed by atoms with van der Waals surface area (Å²) in [5.74, 6) is 0.624. The topological polar surface area (TPSA) is 51.7 Å². The van der Waals surface area contributed by atoms with Crippen molar-refractivity contribution in [2.45, 2.75) is 26.4 Å². The number of ketones is 1. The van der Waals surface area contributed by atoms with Gasteiger partial charge in [-0.15, -0.1) is 0 Å². The average Bonchev–Trinajstić information content (AvgIpc) is 2.52. The molecule has 1 unspecified atom stereocenters. The Morgan fingerprint density at radius 2 is 2.35 bits per heavy atom. The molecule has 110 valence electrons. The molecular formula is C15H22N2O3. The van der Waals surface area contributed by atoms with Crippen molar-refractivity contribution < 1.29 is 14.3 Å². The highest BCUT2D eigenvalue weighted by Gasteiger charge is 2.27. The summed E-state index contributed by atoms with van der Waals surface area (Å²) in [5.41, 5.74) is 0.557. The fourth-order valence-corrected chi connectivity index (χ4v) is 2.19. The molecule has 1 aromatic heterocycles. The van der Waals surface area contributed by atoms with Crippen molar-refractivity contribution >= 4 is 5.78 Å². The minimum Gasteiger partial charge on any atom is -0.492 e. The molecule has 20 heavy (non-hydrogen) atoms. The molecular weight excluding hydrogens is 256 g/mol. The van der Waals surface area contributed by atoms with Crippen LogP contribution in [0.25, 0.3) is 0 Å². The normalized spacial score (nSPS) is 19.8. The molecule has 5 nitrogen and oxygen atoms in total. The first kappa shape index (κ1) is 14.9. The van der Waals surface area contributed by atoms with Gasteiger partial charge in [-0.3, -0.25) is 14.7 Å². The van der Waals surface area contributed by atoms with Crippen molar-refractivity contribution in [2.75, 3.05) is 32.8 Å². The van der Waals surface area contributed by atoms with E-state index in [1.807, 2.05) is 6.92 Å². The Morgan fingerprint density at radius 1 is 1.50 bits per heavy atom. The van der Waals surface area contributed by atoms with Crippen molar-refractivity contribution in [1.82, 2.24) is 9.88 Å². The van der Waals surface area contributed by atoms with E-state index in [-0.39, 0.29) is 5.78 Å². The van der Waals surface area contributed by atoms with Crippen LogP contribution in [0.1, 0.15) is 30.6 Å². The number of hydrogen-bond acceptors (Lipinski definition) is 5. The van der Waals surface area contributed by atoms with E-state index in [9.17, 15) is 4.79 Å². The summed E-state index contributed by atoms with van der Waals surface area (Å²) >= 11 is 0. The van der Waals surface area contributed by atoms with E-state index in [2.05, 4.69) is 16.8 Å². The number of nitrogens with zero attached hydrogens (tertiary/aromatic N) is 2. The Balaban J connectivity index is 2.04. The van der Waals surface area contributed by atoms with Crippen molar-refractivity contribution in [3.05, 3.63) is 24.0 Å². The number of likely N-dealkylation sites (N-methyl/N-ethyl adjacent to an activating group) is 1. The molecule has 5 heteroatoms. The summed E-state index contributed by atoms with van der Waals surface area (Å²) in [4.78, 5) is 18.7. The predicted octanol–water partition coefficient (Wildman–Crippen LogP) is 1.77. The predicted molar refractivity (Wildman–Crippen MR) is 76.2 cm³/mol. The quantitative estimate of drug-likeness (QED) is 0.742. The van der Waals surface area contributed by atoms with Gasteiger partial charge >= 0.3 is 0 Å². The van der Waals surface area contributed by atoms with Gasteiger partial charge in [-0.25, -0.2) is 0 Å². The van der Waals surface area contributed by atoms with E-state index in [1.54, 1.807) is 18.5 Å². The molecule has 0 aromatic carbocycles. The number of aromatic nitrogens is 1. The second-order valence-corrected chi connectivity index (χ2v) is 4.87. The van der Waals surface area contributed by atoms with E-state index >= 15 is 0 Å². The van der Waals surface area contributed by atoms with Gasteiger partial charge in [0.2, 0.25) is 0 Å². The summed E-state index contributed by atoms with van der Waals surface area (Å²) in [6.45, 7) is 7.83. The summed E-state index contributed by atoms with van der Waals surface area (Å²) in [6.07, 6.45) is 3.74. The molecule has 1 aliphatic rings. The van der Waals surface area contributed by atoms with Gasteiger partial charge in [0, 0.05) is 24.8 Å². The lowest BCUT2D eigenvalue weighted by atomic mass is 10.1. The van der Waals surface area contributed by atoms with Gasteiger partial charge in [0.25, 0.3) is 0 Å². The van der Waals surface area contributed by atoms with Crippen LogP contribution in [0, 0.1) is 0 Å². The van der Waals surface area contributed by atoms with Crippen LogP contribution in [-0.2, 0) is 4.74 Å². The molecule has 0 aliphatic carbocycles. The van der Waals surface area contributed by atoms with Crippen molar-refractivity contribution in [2.24, 2.45) is 0 Å². The van der Waals surface area contributed by atoms with E-state index in [0.29, 0.717) is 31.1 Å². The molecule has 1 atom stereocenters. The lowest BCUT2D eigenvalue weighted by molar-refractivity contribution is -0.0148. The molecule has 1 aliphatic heterocycles. The van der Waals surface area contributed by atoms with Crippen molar-refractivity contribution in [3.63, 3.8) is 0 Å². The van der Waals surface area contributed by atoms with Crippen LogP contribution < -0.4 is 4.74 Å². The fraction of sp³-hybridized carbons (Fsp3) is 0.600. The van der Waals surface area contributed by atoms with Gasteiger partial charge in [-0.2, -0.15) is 0 Å².